The highest BCUT2D eigenvalue weighted by Gasteiger charge is 2.24. The van der Waals surface area contributed by atoms with Gasteiger partial charge in [0.1, 0.15) is 17.1 Å². The van der Waals surface area contributed by atoms with Crippen LogP contribution in [0.15, 0.2) is 12.3 Å². The minimum atomic E-state index is -0.443. The molecule has 0 aromatic carbocycles. The highest BCUT2D eigenvalue weighted by molar-refractivity contribution is 7.16. The number of amides is 4. The highest BCUT2D eigenvalue weighted by Crippen LogP contribution is 2.32. The molecule has 41 heavy (non-hydrogen) atoms. The van der Waals surface area contributed by atoms with Gasteiger partial charge in [-0.25, -0.2) is 9.97 Å². The van der Waals surface area contributed by atoms with Crippen LogP contribution in [0.5, 0.6) is 0 Å². The topological polar surface area (TPSA) is 150 Å². The number of nitrogens with zero attached hydrogens (tertiary/aromatic N) is 4. The smallest absolute Gasteiger partial charge is 0.275 e. The molecule has 0 saturated carbocycles. The number of hydrogen-bond donors (Lipinski definition) is 4. The Kier molecular flexibility index (Phi) is 10.8. The van der Waals surface area contributed by atoms with Gasteiger partial charge in [0.15, 0.2) is 10.3 Å². The third-order valence-corrected chi connectivity index (χ3v) is 8.39. The highest BCUT2D eigenvalue weighted by atomic mass is 32.1. The lowest BCUT2D eigenvalue weighted by molar-refractivity contribution is -0.114. The summed E-state index contributed by atoms with van der Waals surface area (Å²) < 4.78 is 1.59. The van der Waals surface area contributed by atoms with Crippen molar-refractivity contribution < 1.29 is 19.2 Å². The van der Waals surface area contributed by atoms with Gasteiger partial charge in [0.25, 0.3) is 17.7 Å². The summed E-state index contributed by atoms with van der Waals surface area (Å²) in [6, 6.07) is 1.55. The largest absolute Gasteiger partial charge is 0.351 e. The lowest BCUT2D eigenvalue weighted by Crippen LogP contribution is -2.28. The standard InChI is InChI=1S/C27H38N8O4S2/c1-14(2)21-19(24(38)28-10-9-11-34(6)7)31-27(41-21)33-23(37)18-12-17(13-35(18)8)30-25(39)20-22(15(3)4)40-26(32-20)29-16(5)36/h12-15H,9-11H2,1-8H3,(H,28,38)(H,30,39)(H,29,32,36)(H,31,33,37). The van der Waals surface area contributed by atoms with E-state index in [0.717, 1.165) is 22.7 Å². The van der Waals surface area contributed by atoms with Crippen molar-refractivity contribution in [1.82, 2.24) is 24.8 Å². The molecule has 3 aromatic rings. The zero-order valence-electron chi connectivity index (χ0n) is 24.7. The summed E-state index contributed by atoms with van der Waals surface area (Å²) >= 11 is 2.52. The van der Waals surface area contributed by atoms with Crippen LogP contribution in [0.3, 0.4) is 0 Å². The molecule has 0 aliphatic carbocycles. The first-order valence-corrected chi connectivity index (χ1v) is 14.9. The predicted molar refractivity (Wildman–Crippen MR) is 164 cm³/mol. The van der Waals surface area contributed by atoms with E-state index >= 15 is 0 Å². The van der Waals surface area contributed by atoms with Crippen molar-refractivity contribution in [3.8, 4) is 0 Å². The third-order valence-electron chi connectivity index (χ3n) is 5.85. The van der Waals surface area contributed by atoms with Crippen LogP contribution in [0, 0.1) is 0 Å². The lowest BCUT2D eigenvalue weighted by atomic mass is 10.1. The Labute approximate surface area is 247 Å². The van der Waals surface area contributed by atoms with Gasteiger partial charge in [-0.05, 0) is 45.0 Å². The lowest BCUT2D eigenvalue weighted by Gasteiger charge is -2.10. The maximum atomic E-state index is 13.2. The number of nitrogens with one attached hydrogen (secondary N) is 4. The first-order valence-electron chi connectivity index (χ1n) is 13.3. The van der Waals surface area contributed by atoms with E-state index in [1.54, 1.807) is 23.9 Å². The molecule has 0 bridgehead atoms. The van der Waals surface area contributed by atoms with Crippen LogP contribution >= 0.6 is 22.7 Å². The molecule has 3 heterocycles. The van der Waals surface area contributed by atoms with E-state index in [2.05, 4.69) is 36.1 Å². The molecule has 14 heteroatoms. The molecule has 0 fully saturated rings. The number of carbonyl (C=O) groups excluding carboxylic acids is 4. The van der Waals surface area contributed by atoms with Crippen molar-refractivity contribution in [1.29, 1.82) is 0 Å². The first kappa shape index (κ1) is 31.9. The zero-order chi connectivity index (χ0) is 30.4. The molecule has 0 atom stereocenters. The van der Waals surface area contributed by atoms with Gasteiger partial charge in [-0.1, -0.05) is 27.7 Å². The monoisotopic (exact) mass is 602 g/mol. The van der Waals surface area contributed by atoms with Gasteiger partial charge < -0.3 is 25.4 Å². The summed E-state index contributed by atoms with van der Waals surface area (Å²) in [5.41, 5.74) is 1.23. The van der Waals surface area contributed by atoms with Gasteiger partial charge in [-0.2, -0.15) is 0 Å². The van der Waals surface area contributed by atoms with Crippen LogP contribution in [0.4, 0.5) is 16.0 Å². The van der Waals surface area contributed by atoms with E-state index in [0.29, 0.717) is 28.2 Å². The summed E-state index contributed by atoms with van der Waals surface area (Å²) in [4.78, 5) is 62.8. The van der Waals surface area contributed by atoms with E-state index in [1.165, 1.54) is 29.6 Å². The van der Waals surface area contributed by atoms with Gasteiger partial charge in [-0.15, -0.1) is 22.7 Å². The summed E-state index contributed by atoms with van der Waals surface area (Å²) in [6.07, 6.45) is 2.44. The summed E-state index contributed by atoms with van der Waals surface area (Å²) in [5, 5.41) is 11.8. The minimum Gasteiger partial charge on any atom is -0.351 e. The second kappa shape index (κ2) is 13.8. The SMILES string of the molecule is CC(=O)Nc1nc(C(=O)Nc2cc(C(=O)Nc3nc(C(=O)NCCCN(C)C)c(C(C)C)s3)n(C)c2)c(C(C)C)s1. The van der Waals surface area contributed by atoms with Crippen LogP contribution in [0.2, 0.25) is 0 Å². The molecule has 0 radical (unpaired) electrons. The zero-order valence-corrected chi connectivity index (χ0v) is 26.3. The molecule has 4 amide bonds. The Morgan fingerprint density at radius 1 is 0.878 bits per heavy atom. The predicted octanol–water partition coefficient (Wildman–Crippen LogP) is 4.33. The van der Waals surface area contributed by atoms with E-state index in [4.69, 9.17) is 0 Å². The van der Waals surface area contributed by atoms with Gasteiger partial charge in [0, 0.05) is 36.5 Å². The molecular formula is C27H38N8O4S2. The summed E-state index contributed by atoms with van der Waals surface area (Å²) in [6.45, 7) is 10.6. The normalized spacial score (nSPS) is 11.3. The van der Waals surface area contributed by atoms with Crippen molar-refractivity contribution in [2.45, 2.75) is 52.9 Å². The van der Waals surface area contributed by atoms with Crippen molar-refractivity contribution in [2.24, 2.45) is 7.05 Å². The van der Waals surface area contributed by atoms with Crippen LogP contribution in [0.25, 0.3) is 0 Å². The quantitative estimate of drug-likeness (QED) is 0.225. The summed E-state index contributed by atoms with van der Waals surface area (Å²) in [7, 11) is 5.65. The molecule has 12 nitrogen and oxygen atoms in total. The molecule has 0 aliphatic rings. The fourth-order valence-electron chi connectivity index (χ4n) is 3.92. The Bertz CT molecular complexity index is 1420. The number of carbonyl (C=O) groups is 4. The van der Waals surface area contributed by atoms with Crippen molar-refractivity contribution in [3.63, 3.8) is 0 Å². The Balaban J connectivity index is 1.73. The molecule has 3 rings (SSSR count). The van der Waals surface area contributed by atoms with E-state index in [9.17, 15) is 19.2 Å². The van der Waals surface area contributed by atoms with Crippen molar-refractivity contribution >= 4 is 62.3 Å². The average molecular weight is 603 g/mol. The maximum absolute atomic E-state index is 13.2. The number of hydrogen-bond acceptors (Lipinski definition) is 9. The van der Waals surface area contributed by atoms with Crippen LogP contribution in [-0.2, 0) is 11.8 Å². The molecule has 0 aliphatic heterocycles. The second-order valence-electron chi connectivity index (χ2n) is 10.5. The Morgan fingerprint density at radius 2 is 1.44 bits per heavy atom. The molecule has 4 N–H and O–H groups in total. The molecule has 3 aromatic heterocycles. The average Bonchev–Trinajstić information content (AvgIpc) is 3.58. The number of thiazole rings is 2. The second-order valence-corrected chi connectivity index (χ2v) is 12.6. The number of rotatable bonds is 12. The Morgan fingerprint density at radius 3 is 1.98 bits per heavy atom. The summed E-state index contributed by atoms with van der Waals surface area (Å²) in [5.74, 6) is -1.34. The molecule has 0 saturated heterocycles. The van der Waals surface area contributed by atoms with Gasteiger partial charge in [0.05, 0.1) is 5.69 Å². The van der Waals surface area contributed by atoms with Gasteiger partial charge in [-0.3, -0.25) is 24.5 Å². The maximum Gasteiger partial charge on any atom is 0.275 e. The first-order chi connectivity index (χ1) is 19.3. The van der Waals surface area contributed by atoms with Crippen molar-refractivity contribution in [3.05, 3.63) is 39.1 Å². The van der Waals surface area contributed by atoms with E-state index < -0.39 is 11.8 Å². The van der Waals surface area contributed by atoms with Crippen LogP contribution in [0.1, 0.15) is 94.1 Å². The molecular weight excluding hydrogens is 564 g/mol. The molecule has 222 valence electrons. The van der Waals surface area contributed by atoms with Gasteiger partial charge in [0.2, 0.25) is 5.91 Å². The fourth-order valence-corrected chi connectivity index (χ4v) is 5.89. The van der Waals surface area contributed by atoms with E-state index in [1.807, 2.05) is 41.8 Å². The number of anilines is 3. The van der Waals surface area contributed by atoms with Gasteiger partial charge >= 0.3 is 0 Å². The number of aromatic nitrogens is 3. The van der Waals surface area contributed by atoms with E-state index in [-0.39, 0.29) is 35.0 Å². The Hall–Kier alpha value is -3.62. The molecule has 0 unspecified atom stereocenters. The third kappa shape index (κ3) is 8.44. The van der Waals surface area contributed by atoms with Crippen LogP contribution < -0.4 is 21.3 Å². The fraction of sp³-hybridized carbons (Fsp3) is 0.481. The number of aryl methyl sites for hydroxylation is 1. The van der Waals surface area contributed by atoms with Crippen molar-refractivity contribution in [2.75, 3.05) is 43.1 Å². The minimum absolute atomic E-state index is 0.0203. The van der Waals surface area contributed by atoms with Crippen LogP contribution in [-0.4, -0.2) is 70.2 Å². The molecule has 0 spiro atoms.